The molecule has 1 aromatic heterocycles. The van der Waals surface area contributed by atoms with Gasteiger partial charge in [-0.3, -0.25) is 0 Å². The molecule has 1 heterocycles. The van der Waals surface area contributed by atoms with Crippen molar-refractivity contribution in [2.45, 2.75) is 19.4 Å². The molecular weight excluding hydrogens is 276 g/mol. The molecule has 0 aliphatic heterocycles. The average molecular weight is 294 g/mol. The van der Waals surface area contributed by atoms with Gasteiger partial charge in [0.25, 0.3) is 0 Å². The Morgan fingerprint density at radius 2 is 1.76 bits per heavy atom. The molecule has 1 unspecified atom stereocenters. The highest BCUT2D eigenvalue weighted by Gasteiger charge is 2.12. The van der Waals surface area contributed by atoms with Crippen LogP contribution in [0.25, 0.3) is 11.3 Å². The zero-order valence-electron chi connectivity index (χ0n) is 12.0. The molecule has 1 atom stereocenters. The molecular formula is C18H18N2S. The smallest absolute Gasteiger partial charge is 0.0951 e. The fourth-order valence-electron chi connectivity index (χ4n) is 2.45. The van der Waals surface area contributed by atoms with Crippen molar-refractivity contribution in [3.63, 3.8) is 0 Å². The maximum atomic E-state index is 6.34. The predicted octanol–water partition coefficient (Wildman–Crippen LogP) is 4.36. The normalized spacial score (nSPS) is 12.3. The molecule has 2 aromatic carbocycles. The second-order valence-electron chi connectivity index (χ2n) is 5.16. The molecule has 0 aliphatic carbocycles. The van der Waals surface area contributed by atoms with Crippen molar-refractivity contribution in [2.75, 3.05) is 0 Å². The van der Waals surface area contributed by atoms with E-state index in [1.165, 1.54) is 11.1 Å². The largest absolute Gasteiger partial charge is 0.324 e. The van der Waals surface area contributed by atoms with Crippen LogP contribution in [-0.4, -0.2) is 4.98 Å². The Hall–Kier alpha value is -1.97. The Morgan fingerprint density at radius 3 is 2.52 bits per heavy atom. The van der Waals surface area contributed by atoms with E-state index in [1.807, 2.05) is 30.3 Å². The molecule has 3 heteroatoms. The summed E-state index contributed by atoms with van der Waals surface area (Å²) in [7, 11) is 0. The minimum atomic E-state index is 0.000901. The summed E-state index contributed by atoms with van der Waals surface area (Å²) in [5, 5.41) is 3.19. The highest BCUT2D eigenvalue weighted by Crippen LogP contribution is 2.25. The van der Waals surface area contributed by atoms with Crippen molar-refractivity contribution >= 4 is 11.3 Å². The van der Waals surface area contributed by atoms with Crippen LogP contribution in [0, 0.1) is 6.92 Å². The van der Waals surface area contributed by atoms with Crippen molar-refractivity contribution in [3.05, 3.63) is 76.1 Å². The summed E-state index contributed by atoms with van der Waals surface area (Å²) >= 11 is 1.68. The van der Waals surface area contributed by atoms with Gasteiger partial charge >= 0.3 is 0 Å². The number of rotatable bonds is 4. The van der Waals surface area contributed by atoms with Gasteiger partial charge in [0.1, 0.15) is 0 Å². The highest BCUT2D eigenvalue weighted by atomic mass is 32.1. The lowest BCUT2D eigenvalue weighted by atomic mass is 10.00. The lowest BCUT2D eigenvalue weighted by Crippen LogP contribution is -2.14. The number of nitrogens with zero attached hydrogens (tertiary/aromatic N) is 1. The molecule has 3 rings (SSSR count). The van der Waals surface area contributed by atoms with E-state index in [2.05, 4.69) is 36.6 Å². The SMILES string of the molecule is Cc1ccccc1C(N)Cc1nc(-c2ccccc2)cs1. The van der Waals surface area contributed by atoms with Crippen LogP contribution in [0.2, 0.25) is 0 Å². The first-order valence-electron chi connectivity index (χ1n) is 7.05. The minimum Gasteiger partial charge on any atom is -0.324 e. The van der Waals surface area contributed by atoms with E-state index >= 15 is 0 Å². The van der Waals surface area contributed by atoms with E-state index in [0.717, 1.165) is 22.7 Å². The Kier molecular flexibility index (Phi) is 4.13. The summed E-state index contributed by atoms with van der Waals surface area (Å²) < 4.78 is 0. The van der Waals surface area contributed by atoms with Crippen molar-refractivity contribution in [1.29, 1.82) is 0 Å². The lowest BCUT2D eigenvalue weighted by molar-refractivity contribution is 0.713. The van der Waals surface area contributed by atoms with Gasteiger partial charge in [0.05, 0.1) is 10.7 Å². The van der Waals surface area contributed by atoms with Crippen LogP contribution >= 0.6 is 11.3 Å². The first-order chi connectivity index (χ1) is 10.2. The molecule has 3 aromatic rings. The van der Waals surface area contributed by atoms with Crippen LogP contribution < -0.4 is 5.73 Å². The fourth-order valence-corrected chi connectivity index (χ4v) is 3.31. The first-order valence-corrected chi connectivity index (χ1v) is 7.93. The third-order valence-electron chi connectivity index (χ3n) is 3.60. The molecule has 0 spiro atoms. The Morgan fingerprint density at radius 1 is 1.05 bits per heavy atom. The van der Waals surface area contributed by atoms with Gasteiger partial charge in [-0.1, -0.05) is 54.6 Å². The number of hydrogen-bond acceptors (Lipinski definition) is 3. The van der Waals surface area contributed by atoms with Crippen LogP contribution in [0.4, 0.5) is 0 Å². The van der Waals surface area contributed by atoms with E-state index in [9.17, 15) is 0 Å². The van der Waals surface area contributed by atoms with Crippen LogP contribution in [0.1, 0.15) is 22.2 Å². The molecule has 21 heavy (non-hydrogen) atoms. The zero-order chi connectivity index (χ0) is 14.7. The number of nitrogens with two attached hydrogens (primary N) is 1. The monoisotopic (exact) mass is 294 g/mol. The van der Waals surface area contributed by atoms with E-state index in [-0.39, 0.29) is 6.04 Å². The number of thiazole rings is 1. The number of aryl methyl sites for hydroxylation is 1. The Labute approximate surface area is 129 Å². The fraction of sp³-hybridized carbons (Fsp3) is 0.167. The topological polar surface area (TPSA) is 38.9 Å². The van der Waals surface area contributed by atoms with Gasteiger partial charge in [0, 0.05) is 23.4 Å². The van der Waals surface area contributed by atoms with E-state index < -0.39 is 0 Å². The molecule has 2 nitrogen and oxygen atoms in total. The lowest BCUT2D eigenvalue weighted by Gasteiger charge is -2.13. The van der Waals surface area contributed by atoms with Crippen molar-refractivity contribution in [3.8, 4) is 11.3 Å². The van der Waals surface area contributed by atoms with Crippen LogP contribution in [-0.2, 0) is 6.42 Å². The van der Waals surface area contributed by atoms with Crippen molar-refractivity contribution in [2.24, 2.45) is 5.73 Å². The second kappa shape index (κ2) is 6.20. The van der Waals surface area contributed by atoms with Crippen molar-refractivity contribution in [1.82, 2.24) is 4.98 Å². The van der Waals surface area contributed by atoms with Gasteiger partial charge in [-0.15, -0.1) is 11.3 Å². The second-order valence-corrected chi connectivity index (χ2v) is 6.10. The molecule has 0 fully saturated rings. The van der Waals surface area contributed by atoms with Gasteiger partial charge in [-0.25, -0.2) is 4.98 Å². The van der Waals surface area contributed by atoms with Gasteiger partial charge < -0.3 is 5.73 Å². The molecule has 0 saturated carbocycles. The molecule has 0 aliphatic rings. The summed E-state index contributed by atoms with van der Waals surface area (Å²) in [6, 6.07) is 18.5. The maximum absolute atomic E-state index is 6.34. The zero-order valence-corrected chi connectivity index (χ0v) is 12.8. The van der Waals surface area contributed by atoms with E-state index in [1.54, 1.807) is 11.3 Å². The summed E-state index contributed by atoms with van der Waals surface area (Å²) in [5.41, 5.74) is 11.0. The van der Waals surface area contributed by atoms with Crippen LogP contribution in [0.15, 0.2) is 60.0 Å². The third kappa shape index (κ3) is 3.20. The number of aromatic nitrogens is 1. The highest BCUT2D eigenvalue weighted by molar-refractivity contribution is 7.09. The van der Waals surface area contributed by atoms with Gasteiger partial charge in [0.15, 0.2) is 0 Å². The number of hydrogen-bond donors (Lipinski definition) is 1. The van der Waals surface area contributed by atoms with Crippen LogP contribution in [0.3, 0.4) is 0 Å². The third-order valence-corrected chi connectivity index (χ3v) is 4.47. The molecule has 0 saturated heterocycles. The Balaban J connectivity index is 1.77. The molecule has 0 radical (unpaired) electrons. The summed E-state index contributed by atoms with van der Waals surface area (Å²) in [4.78, 5) is 4.71. The standard InChI is InChI=1S/C18H18N2S/c1-13-7-5-6-10-15(13)16(19)11-18-20-17(12-21-18)14-8-3-2-4-9-14/h2-10,12,16H,11,19H2,1H3. The first kappa shape index (κ1) is 14.0. The van der Waals surface area contributed by atoms with Gasteiger partial charge in [-0.2, -0.15) is 0 Å². The number of benzene rings is 2. The van der Waals surface area contributed by atoms with E-state index in [4.69, 9.17) is 10.7 Å². The summed E-state index contributed by atoms with van der Waals surface area (Å²) in [6.45, 7) is 2.10. The quantitative estimate of drug-likeness (QED) is 0.776. The van der Waals surface area contributed by atoms with Crippen LogP contribution in [0.5, 0.6) is 0 Å². The maximum Gasteiger partial charge on any atom is 0.0951 e. The Bertz CT molecular complexity index is 719. The van der Waals surface area contributed by atoms with Gasteiger partial charge in [0.2, 0.25) is 0 Å². The molecule has 0 bridgehead atoms. The molecule has 2 N–H and O–H groups in total. The predicted molar refractivity (Wildman–Crippen MR) is 89.4 cm³/mol. The summed E-state index contributed by atoms with van der Waals surface area (Å²) in [5.74, 6) is 0. The average Bonchev–Trinajstić information content (AvgIpc) is 2.97. The summed E-state index contributed by atoms with van der Waals surface area (Å²) in [6.07, 6.45) is 0.780. The van der Waals surface area contributed by atoms with Crippen molar-refractivity contribution < 1.29 is 0 Å². The van der Waals surface area contributed by atoms with Gasteiger partial charge in [-0.05, 0) is 18.1 Å². The van der Waals surface area contributed by atoms with E-state index in [0.29, 0.717) is 0 Å². The molecule has 0 amide bonds. The molecule has 106 valence electrons. The minimum absolute atomic E-state index is 0.000901.